The van der Waals surface area contributed by atoms with Crippen LogP contribution in [0.5, 0.6) is 0 Å². The topological polar surface area (TPSA) is 44.8 Å². The summed E-state index contributed by atoms with van der Waals surface area (Å²) in [5, 5.41) is 3.23. The van der Waals surface area contributed by atoms with Gasteiger partial charge in [0.25, 0.3) is 0 Å². The fraction of sp³-hybridized carbons (Fsp3) is 0.519. The van der Waals surface area contributed by atoms with E-state index in [0.717, 1.165) is 38.9 Å². The number of carbonyl (C=O) groups excluding carboxylic acids is 1. The fourth-order valence-electron chi connectivity index (χ4n) is 5.79. The number of fused-ring (bicyclic) bond motifs is 4. The van der Waals surface area contributed by atoms with E-state index in [1.165, 1.54) is 27.9 Å². The molecule has 2 aromatic carbocycles. The Bertz CT molecular complexity index is 990. The third kappa shape index (κ3) is 3.99. The molecule has 32 heavy (non-hydrogen) atoms. The van der Waals surface area contributed by atoms with Crippen LogP contribution in [0.1, 0.15) is 43.9 Å². The summed E-state index contributed by atoms with van der Waals surface area (Å²) in [7, 11) is 4.11. The molecule has 0 spiro atoms. The van der Waals surface area contributed by atoms with Crippen LogP contribution in [-0.2, 0) is 11.2 Å². The maximum absolute atomic E-state index is 12.9. The van der Waals surface area contributed by atoms with Crippen LogP contribution in [0.15, 0.2) is 42.5 Å². The van der Waals surface area contributed by atoms with E-state index in [9.17, 15) is 4.79 Å². The minimum atomic E-state index is -0.266. The summed E-state index contributed by atoms with van der Waals surface area (Å²) in [6.07, 6.45) is 3.01. The van der Waals surface area contributed by atoms with Gasteiger partial charge in [0.15, 0.2) is 0 Å². The molecule has 1 N–H and O–H groups in total. The number of rotatable bonds is 4. The van der Waals surface area contributed by atoms with Crippen LogP contribution in [0.25, 0.3) is 11.1 Å². The molecule has 0 saturated carbocycles. The Hall–Kier alpha value is -2.53. The predicted molar refractivity (Wildman–Crippen MR) is 129 cm³/mol. The van der Waals surface area contributed by atoms with Crippen LogP contribution < -0.4 is 10.2 Å². The van der Waals surface area contributed by atoms with E-state index >= 15 is 0 Å². The van der Waals surface area contributed by atoms with E-state index in [1.54, 1.807) is 0 Å². The molecule has 6 rings (SSSR count). The Kier molecular flexibility index (Phi) is 5.40. The van der Waals surface area contributed by atoms with E-state index in [1.807, 2.05) is 0 Å². The minimum Gasteiger partial charge on any atom is -0.445 e. The van der Waals surface area contributed by atoms with E-state index in [0.29, 0.717) is 5.92 Å². The zero-order valence-corrected chi connectivity index (χ0v) is 19.7. The predicted octanol–water partition coefficient (Wildman–Crippen LogP) is 4.86. The van der Waals surface area contributed by atoms with Crippen LogP contribution in [-0.4, -0.2) is 50.8 Å². The smallest absolute Gasteiger partial charge is 0.407 e. The van der Waals surface area contributed by atoms with Gasteiger partial charge in [0.1, 0.15) is 6.10 Å². The van der Waals surface area contributed by atoms with Gasteiger partial charge < -0.3 is 15.0 Å². The van der Waals surface area contributed by atoms with Crippen molar-refractivity contribution in [2.75, 3.05) is 38.6 Å². The van der Waals surface area contributed by atoms with Crippen LogP contribution >= 0.6 is 0 Å². The minimum absolute atomic E-state index is 0.0312. The van der Waals surface area contributed by atoms with Gasteiger partial charge >= 0.3 is 6.09 Å². The fourth-order valence-corrected chi connectivity index (χ4v) is 5.79. The maximum Gasteiger partial charge on any atom is 0.407 e. The first kappa shape index (κ1) is 21.3. The van der Waals surface area contributed by atoms with Crippen molar-refractivity contribution in [1.82, 2.24) is 10.2 Å². The lowest BCUT2D eigenvalue weighted by Crippen LogP contribution is -2.53. The highest BCUT2D eigenvalue weighted by Gasteiger charge is 2.42. The van der Waals surface area contributed by atoms with Gasteiger partial charge in [-0.05, 0) is 78.1 Å². The Morgan fingerprint density at radius 3 is 2.38 bits per heavy atom. The summed E-state index contributed by atoms with van der Waals surface area (Å²) in [6.45, 7) is 7.65. The first-order valence-electron chi connectivity index (χ1n) is 11.9. The number of hydrogen-bond donors (Lipinski definition) is 1. The first-order chi connectivity index (χ1) is 15.3. The summed E-state index contributed by atoms with van der Waals surface area (Å²) < 4.78 is 5.92. The molecule has 2 aromatic rings. The van der Waals surface area contributed by atoms with Crippen LogP contribution in [0.3, 0.4) is 0 Å². The van der Waals surface area contributed by atoms with Crippen molar-refractivity contribution in [1.29, 1.82) is 0 Å². The molecule has 170 valence electrons. The van der Waals surface area contributed by atoms with Gasteiger partial charge in [0.2, 0.25) is 0 Å². The van der Waals surface area contributed by atoms with Gasteiger partial charge in [-0.15, -0.1) is 0 Å². The number of alkyl carbamates (subject to hydrolysis) is 1. The molecule has 3 heterocycles. The van der Waals surface area contributed by atoms with E-state index in [-0.39, 0.29) is 23.7 Å². The summed E-state index contributed by atoms with van der Waals surface area (Å²) in [6, 6.07) is 15.3. The van der Waals surface area contributed by atoms with Crippen molar-refractivity contribution in [2.45, 2.75) is 45.3 Å². The highest BCUT2D eigenvalue weighted by atomic mass is 16.6. The average molecular weight is 434 g/mol. The monoisotopic (exact) mass is 433 g/mol. The first-order valence-corrected chi connectivity index (χ1v) is 11.9. The van der Waals surface area contributed by atoms with E-state index in [2.05, 4.69) is 85.5 Å². The molecule has 5 nitrogen and oxygen atoms in total. The normalized spacial score (nSPS) is 27.6. The van der Waals surface area contributed by atoms with Crippen molar-refractivity contribution in [2.24, 2.45) is 11.3 Å². The van der Waals surface area contributed by atoms with Gasteiger partial charge in [-0.3, -0.25) is 4.90 Å². The zero-order chi connectivity index (χ0) is 22.5. The molecule has 3 fully saturated rings. The van der Waals surface area contributed by atoms with Gasteiger partial charge in [0.05, 0.1) is 6.04 Å². The summed E-state index contributed by atoms with van der Waals surface area (Å²) >= 11 is 0. The lowest BCUT2D eigenvalue weighted by molar-refractivity contribution is -0.0348. The maximum atomic E-state index is 12.9. The largest absolute Gasteiger partial charge is 0.445 e. The van der Waals surface area contributed by atoms with Crippen molar-refractivity contribution in [3.63, 3.8) is 0 Å². The Balaban J connectivity index is 1.31. The quantitative estimate of drug-likeness (QED) is 0.748. The molecule has 2 atom stereocenters. The molecule has 0 aromatic heterocycles. The molecule has 1 unspecified atom stereocenters. The number of amides is 1. The second-order valence-electron chi connectivity index (χ2n) is 10.7. The van der Waals surface area contributed by atoms with Gasteiger partial charge in [-0.2, -0.15) is 0 Å². The SMILES string of the molecule is CN(C)c1ccc(-c2ccc3c(c2)CC(C)(C)C3NC(=O)O[C@@H]2CN3CCC2CC3)cc1. The van der Waals surface area contributed by atoms with Crippen molar-refractivity contribution in [3.05, 3.63) is 53.6 Å². The number of benzene rings is 2. The van der Waals surface area contributed by atoms with Crippen molar-refractivity contribution < 1.29 is 9.53 Å². The molecule has 3 saturated heterocycles. The second-order valence-corrected chi connectivity index (χ2v) is 10.7. The lowest BCUT2D eigenvalue weighted by Gasteiger charge is -2.44. The number of piperidine rings is 3. The van der Waals surface area contributed by atoms with Crippen LogP contribution in [0.2, 0.25) is 0 Å². The van der Waals surface area contributed by atoms with Crippen molar-refractivity contribution in [3.8, 4) is 11.1 Å². The highest BCUT2D eigenvalue weighted by Crippen LogP contribution is 2.46. The molecule has 1 amide bonds. The third-order valence-electron chi connectivity index (χ3n) is 7.72. The number of nitrogens with zero attached hydrogens (tertiary/aromatic N) is 2. The molecule has 4 aliphatic rings. The van der Waals surface area contributed by atoms with Crippen LogP contribution in [0.4, 0.5) is 10.5 Å². The van der Waals surface area contributed by atoms with Gasteiger partial charge in [0, 0.05) is 26.3 Å². The van der Waals surface area contributed by atoms with Gasteiger partial charge in [-0.25, -0.2) is 4.79 Å². The Morgan fingerprint density at radius 1 is 1.06 bits per heavy atom. The number of ether oxygens (including phenoxy) is 1. The molecule has 3 aliphatic heterocycles. The molecule has 0 radical (unpaired) electrons. The number of nitrogens with one attached hydrogen (secondary N) is 1. The summed E-state index contributed by atoms with van der Waals surface area (Å²) in [5.41, 5.74) is 6.12. The summed E-state index contributed by atoms with van der Waals surface area (Å²) in [4.78, 5) is 17.4. The second kappa shape index (κ2) is 8.11. The molecular formula is C27H35N3O2. The molecule has 1 aliphatic carbocycles. The standard InChI is InChI=1S/C27H35N3O2/c1-27(2)16-21-15-20(18-5-8-22(9-6-18)29(3)4)7-10-23(21)25(27)28-26(31)32-24-17-30-13-11-19(24)12-14-30/h5-10,15,19,24-25H,11-14,16-17H2,1-4H3,(H,28,31)/t24-,25?/m1/s1. The Labute approximate surface area is 191 Å². The average Bonchev–Trinajstić information content (AvgIpc) is 3.03. The highest BCUT2D eigenvalue weighted by molar-refractivity contribution is 5.71. The zero-order valence-electron chi connectivity index (χ0n) is 19.7. The van der Waals surface area contributed by atoms with Crippen molar-refractivity contribution >= 4 is 11.8 Å². The Morgan fingerprint density at radius 2 is 1.75 bits per heavy atom. The number of hydrogen-bond acceptors (Lipinski definition) is 4. The molecule has 5 heteroatoms. The molecule has 2 bridgehead atoms. The van der Waals surface area contributed by atoms with E-state index < -0.39 is 0 Å². The molecular weight excluding hydrogens is 398 g/mol. The lowest BCUT2D eigenvalue weighted by atomic mass is 9.85. The summed E-state index contributed by atoms with van der Waals surface area (Å²) in [5.74, 6) is 0.524. The number of anilines is 1. The van der Waals surface area contributed by atoms with Gasteiger partial charge in [-0.1, -0.05) is 44.2 Å². The number of carbonyl (C=O) groups is 1. The van der Waals surface area contributed by atoms with Crippen LogP contribution in [0, 0.1) is 11.3 Å². The third-order valence-corrected chi connectivity index (χ3v) is 7.72. The van der Waals surface area contributed by atoms with E-state index in [4.69, 9.17) is 4.74 Å².